The molecule has 4 nitrogen and oxygen atoms in total. The fraction of sp³-hybridized carbons (Fsp3) is 0.543. The average Bonchev–Trinajstić information content (AvgIpc) is 3.32. The van der Waals surface area contributed by atoms with Gasteiger partial charge in [-0.15, -0.1) is 0 Å². The van der Waals surface area contributed by atoms with Gasteiger partial charge in [-0.3, -0.25) is 0 Å². The Morgan fingerprint density at radius 1 is 0.667 bits per heavy atom. The van der Waals surface area contributed by atoms with Gasteiger partial charge in [0.15, 0.2) is 0 Å². The molecule has 4 heteroatoms. The van der Waals surface area contributed by atoms with Gasteiger partial charge >= 0.3 is 11.9 Å². The number of hydrogen-bond donors (Lipinski definition) is 0. The van der Waals surface area contributed by atoms with Crippen molar-refractivity contribution in [3.8, 4) is 11.5 Å². The van der Waals surface area contributed by atoms with Crippen LogP contribution in [-0.4, -0.2) is 11.9 Å². The van der Waals surface area contributed by atoms with Crippen LogP contribution in [0.25, 0.3) is 0 Å². The molecule has 2 aromatic rings. The zero-order chi connectivity index (χ0) is 28.2. The maximum atomic E-state index is 13.9. The largest absolute Gasteiger partial charge is 0.423 e. The van der Waals surface area contributed by atoms with E-state index >= 15 is 0 Å². The Morgan fingerprint density at radius 3 is 1.41 bits per heavy atom. The van der Waals surface area contributed by atoms with Crippen molar-refractivity contribution in [3.05, 3.63) is 69.8 Å². The molecule has 2 aromatic carbocycles. The summed E-state index contributed by atoms with van der Waals surface area (Å²) in [6.45, 7) is 13.0. The summed E-state index contributed by atoms with van der Waals surface area (Å²) in [7, 11) is 0. The van der Waals surface area contributed by atoms with Gasteiger partial charge in [-0.1, -0.05) is 91.5 Å². The highest BCUT2D eigenvalue weighted by atomic mass is 16.5. The van der Waals surface area contributed by atoms with E-state index < -0.39 is 0 Å². The zero-order valence-corrected chi connectivity index (χ0v) is 24.8. The molecule has 39 heavy (non-hydrogen) atoms. The third-order valence-corrected chi connectivity index (χ3v) is 8.87. The lowest BCUT2D eigenvalue weighted by Crippen LogP contribution is -2.24. The van der Waals surface area contributed by atoms with Crippen LogP contribution in [0.5, 0.6) is 11.5 Å². The van der Waals surface area contributed by atoms with Crippen molar-refractivity contribution in [3.63, 3.8) is 0 Å². The van der Waals surface area contributed by atoms with E-state index in [-0.39, 0.29) is 29.2 Å². The Balaban J connectivity index is 1.71. The molecule has 4 rings (SSSR count). The van der Waals surface area contributed by atoms with Crippen molar-refractivity contribution in [1.82, 2.24) is 0 Å². The van der Waals surface area contributed by atoms with Crippen molar-refractivity contribution in [2.75, 3.05) is 0 Å². The molecule has 0 spiro atoms. The van der Waals surface area contributed by atoms with Crippen LogP contribution in [0.1, 0.15) is 102 Å². The predicted octanol–water partition coefficient (Wildman–Crippen LogP) is 8.37. The number of rotatable bonds is 12. The SMILES string of the molecule is CCCc1cccc(OC(=O)C2=C(C(=O)Oc3cccc(CCC)c3CCC)C3CCC2C3(C)C)c1CCC. The first-order valence-electron chi connectivity index (χ1n) is 15.2. The van der Waals surface area contributed by atoms with Gasteiger partial charge in [-0.05, 0) is 90.2 Å². The molecule has 1 fully saturated rings. The summed E-state index contributed by atoms with van der Waals surface area (Å²) in [6.07, 6.45) is 9.43. The van der Waals surface area contributed by atoms with Gasteiger partial charge in [0.25, 0.3) is 0 Å². The van der Waals surface area contributed by atoms with Crippen LogP contribution in [0.2, 0.25) is 0 Å². The first kappa shape index (κ1) is 29.1. The monoisotopic (exact) mass is 530 g/mol. The molecule has 2 aliphatic carbocycles. The maximum Gasteiger partial charge on any atom is 0.340 e. The molecule has 1 saturated carbocycles. The standard InChI is InChI=1S/C35H46O4/c1-7-13-23-17-11-19-29(25(23)15-9-3)38-33(36)31-27-21-22-28(35(27,5)6)32(31)34(37)39-30-20-12-18-24(14-8-2)26(30)16-10-4/h11-12,17-20,27-28H,7-10,13-16,21-22H2,1-6H3. The Morgan fingerprint density at radius 2 is 1.05 bits per heavy atom. The van der Waals surface area contributed by atoms with Crippen LogP contribution in [0.15, 0.2) is 47.5 Å². The Hall–Kier alpha value is -2.88. The van der Waals surface area contributed by atoms with Gasteiger partial charge in [0.05, 0.1) is 11.1 Å². The minimum Gasteiger partial charge on any atom is -0.423 e. The van der Waals surface area contributed by atoms with Crippen LogP contribution in [0.3, 0.4) is 0 Å². The minimum absolute atomic E-state index is 0.00691. The minimum atomic E-state index is -0.387. The Bertz CT molecular complexity index is 1140. The van der Waals surface area contributed by atoms with Gasteiger partial charge in [-0.2, -0.15) is 0 Å². The number of ether oxygens (including phenoxy) is 2. The number of fused-ring (bicyclic) bond motifs is 2. The molecule has 2 aliphatic rings. The molecule has 0 radical (unpaired) electrons. The second kappa shape index (κ2) is 12.5. The van der Waals surface area contributed by atoms with Crippen molar-refractivity contribution < 1.29 is 19.1 Å². The van der Waals surface area contributed by atoms with E-state index in [1.807, 2.05) is 24.3 Å². The average molecular weight is 531 g/mol. The lowest BCUT2D eigenvalue weighted by Gasteiger charge is -2.25. The fourth-order valence-electron chi connectivity index (χ4n) is 7.03. The predicted molar refractivity (Wildman–Crippen MR) is 157 cm³/mol. The summed E-state index contributed by atoms with van der Waals surface area (Å²) in [5.74, 6) is 0.473. The molecule has 0 amide bonds. The molecular formula is C35H46O4. The summed E-state index contributed by atoms with van der Waals surface area (Å²) in [4.78, 5) is 27.8. The van der Waals surface area contributed by atoms with Gasteiger partial charge in [0.1, 0.15) is 11.5 Å². The van der Waals surface area contributed by atoms with Crippen molar-refractivity contribution in [1.29, 1.82) is 0 Å². The molecule has 0 N–H and O–H groups in total. The van der Waals surface area contributed by atoms with Crippen LogP contribution in [-0.2, 0) is 35.3 Å². The molecule has 0 saturated heterocycles. The highest BCUT2D eigenvalue weighted by Crippen LogP contribution is 2.60. The van der Waals surface area contributed by atoms with E-state index in [0.717, 1.165) is 75.3 Å². The Kier molecular flexibility index (Phi) is 9.35. The molecule has 2 unspecified atom stereocenters. The van der Waals surface area contributed by atoms with Gasteiger partial charge in [0, 0.05) is 0 Å². The van der Waals surface area contributed by atoms with Crippen LogP contribution in [0.4, 0.5) is 0 Å². The molecule has 210 valence electrons. The summed E-state index contributed by atoms with van der Waals surface area (Å²) >= 11 is 0. The van der Waals surface area contributed by atoms with Crippen molar-refractivity contribution in [2.24, 2.45) is 17.3 Å². The molecule has 0 aliphatic heterocycles. The quantitative estimate of drug-likeness (QED) is 0.204. The first-order valence-corrected chi connectivity index (χ1v) is 15.2. The number of esters is 2. The summed E-state index contributed by atoms with van der Waals surface area (Å²) in [5.41, 5.74) is 5.58. The van der Waals surface area contributed by atoms with Gasteiger partial charge in [0.2, 0.25) is 0 Å². The van der Waals surface area contributed by atoms with Crippen LogP contribution >= 0.6 is 0 Å². The number of carbonyl (C=O) groups excluding carboxylic acids is 2. The van der Waals surface area contributed by atoms with Crippen LogP contribution in [0, 0.1) is 17.3 Å². The smallest absolute Gasteiger partial charge is 0.340 e. The van der Waals surface area contributed by atoms with E-state index in [0.29, 0.717) is 22.6 Å². The number of benzene rings is 2. The fourth-order valence-corrected chi connectivity index (χ4v) is 7.03. The molecule has 2 bridgehead atoms. The van der Waals surface area contributed by atoms with Crippen molar-refractivity contribution in [2.45, 2.75) is 106 Å². The van der Waals surface area contributed by atoms with Gasteiger partial charge in [-0.25, -0.2) is 9.59 Å². The summed E-state index contributed by atoms with van der Waals surface area (Å²) in [6, 6.07) is 12.0. The normalized spacial score (nSPS) is 19.4. The second-order valence-corrected chi connectivity index (χ2v) is 11.9. The number of carbonyl (C=O) groups is 2. The highest BCUT2D eigenvalue weighted by Gasteiger charge is 2.57. The van der Waals surface area contributed by atoms with E-state index in [2.05, 4.69) is 53.7 Å². The lowest BCUT2D eigenvalue weighted by atomic mass is 9.79. The maximum absolute atomic E-state index is 13.9. The molecule has 0 aromatic heterocycles. The topological polar surface area (TPSA) is 52.6 Å². The van der Waals surface area contributed by atoms with Crippen molar-refractivity contribution >= 4 is 11.9 Å². The summed E-state index contributed by atoms with van der Waals surface area (Å²) in [5, 5.41) is 0. The van der Waals surface area contributed by atoms with Crippen LogP contribution < -0.4 is 9.47 Å². The third kappa shape index (κ3) is 5.71. The van der Waals surface area contributed by atoms with E-state index in [4.69, 9.17) is 9.47 Å². The zero-order valence-electron chi connectivity index (χ0n) is 24.8. The van der Waals surface area contributed by atoms with E-state index in [1.54, 1.807) is 0 Å². The second-order valence-electron chi connectivity index (χ2n) is 11.9. The third-order valence-electron chi connectivity index (χ3n) is 8.87. The first-order chi connectivity index (χ1) is 18.8. The molecule has 0 heterocycles. The molecular weight excluding hydrogens is 484 g/mol. The Labute approximate surface area is 235 Å². The lowest BCUT2D eigenvalue weighted by molar-refractivity contribution is -0.133. The number of hydrogen-bond acceptors (Lipinski definition) is 4. The molecule has 2 atom stereocenters. The van der Waals surface area contributed by atoms with E-state index in [1.165, 1.54) is 11.1 Å². The number of aryl methyl sites for hydroxylation is 2. The van der Waals surface area contributed by atoms with E-state index in [9.17, 15) is 9.59 Å². The van der Waals surface area contributed by atoms with Gasteiger partial charge < -0.3 is 9.47 Å². The summed E-state index contributed by atoms with van der Waals surface area (Å²) < 4.78 is 12.3. The highest BCUT2D eigenvalue weighted by molar-refractivity contribution is 6.04.